The largest absolute Gasteiger partial charge is 0.393 e. The first-order chi connectivity index (χ1) is 10.6. The monoisotopic (exact) mass is 317 g/mol. The molecule has 114 valence electrons. The van der Waals surface area contributed by atoms with E-state index in [9.17, 15) is 14.7 Å². The third-order valence-electron chi connectivity index (χ3n) is 4.65. The summed E-state index contributed by atoms with van der Waals surface area (Å²) < 4.78 is 0. The molecule has 2 aromatic rings. The summed E-state index contributed by atoms with van der Waals surface area (Å²) in [6.45, 7) is -0.491. The number of carbonyl (C=O) groups is 2. The second-order valence-corrected chi connectivity index (χ2v) is 6.81. The van der Waals surface area contributed by atoms with Crippen LogP contribution in [0.3, 0.4) is 0 Å². The molecule has 2 atom stereocenters. The highest BCUT2D eigenvalue weighted by atomic mass is 32.2. The molecule has 7 heteroatoms. The number of rotatable bonds is 2. The zero-order chi connectivity index (χ0) is 15.5. The fourth-order valence-corrected chi connectivity index (χ4v) is 4.12. The van der Waals surface area contributed by atoms with Crippen molar-refractivity contribution in [3.63, 3.8) is 0 Å². The van der Waals surface area contributed by atoms with Gasteiger partial charge in [-0.3, -0.25) is 9.59 Å². The molecule has 0 spiro atoms. The Labute approximate surface area is 130 Å². The summed E-state index contributed by atoms with van der Waals surface area (Å²) in [5, 5.41) is 16.4. The van der Waals surface area contributed by atoms with E-state index in [4.69, 9.17) is 0 Å². The van der Waals surface area contributed by atoms with Gasteiger partial charge in [-0.25, -0.2) is 0 Å². The lowest BCUT2D eigenvalue weighted by atomic mass is 9.92. The van der Waals surface area contributed by atoms with Gasteiger partial charge in [0.15, 0.2) is 10.4 Å². The topological polar surface area (TPSA) is 94.2 Å². The van der Waals surface area contributed by atoms with Gasteiger partial charge in [0, 0.05) is 17.3 Å². The van der Waals surface area contributed by atoms with Gasteiger partial charge in [0.1, 0.15) is 0 Å². The van der Waals surface area contributed by atoms with E-state index in [0.29, 0.717) is 12.1 Å². The molecule has 3 aliphatic heterocycles. The van der Waals surface area contributed by atoms with Gasteiger partial charge in [-0.15, -0.1) is 11.8 Å². The first-order valence-corrected chi connectivity index (χ1v) is 8.20. The Bertz CT molecular complexity index is 817. The van der Waals surface area contributed by atoms with E-state index in [0.717, 1.165) is 16.5 Å². The lowest BCUT2D eigenvalue weighted by Crippen LogP contribution is -2.72. The highest BCUT2D eigenvalue weighted by Crippen LogP contribution is 2.42. The first kappa shape index (κ1) is 13.7. The maximum atomic E-state index is 12.7. The number of hydrogen-bond acceptors (Lipinski definition) is 4. The van der Waals surface area contributed by atoms with E-state index in [1.807, 2.05) is 24.3 Å². The smallest absolute Gasteiger partial charge is 0.257 e. The molecule has 0 unspecified atom stereocenters. The van der Waals surface area contributed by atoms with E-state index < -0.39 is 17.0 Å². The van der Waals surface area contributed by atoms with Crippen molar-refractivity contribution < 1.29 is 14.7 Å². The standard InChI is InChI=1S/C15H15N3O3S/c1-22-15-6-9-8-4-2-3-5-10(8)16-11(9)14(7-19,12(20)18-15)17-13(15)21/h2-5,16,19H,6-7H2,1H3,(H,17,21)(H,18,20)/t14-,15+/m1/s1. The number of hydrogen-bond donors (Lipinski definition) is 4. The van der Waals surface area contributed by atoms with Gasteiger partial charge in [0.05, 0.1) is 12.3 Å². The van der Waals surface area contributed by atoms with Gasteiger partial charge in [-0.05, 0) is 17.9 Å². The van der Waals surface area contributed by atoms with Crippen LogP contribution in [0.2, 0.25) is 0 Å². The van der Waals surface area contributed by atoms with E-state index in [2.05, 4.69) is 15.6 Å². The quantitative estimate of drug-likeness (QED) is 0.637. The first-order valence-electron chi connectivity index (χ1n) is 6.97. The minimum absolute atomic E-state index is 0.276. The van der Waals surface area contributed by atoms with Crippen LogP contribution in [0.1, 0.15) is 11.3 Å². The van der Waals surface area contributed by atoms with Crippen molar-refractivity contribution in [2.75, 3.05) is 12.9 Å². The van der Waals surface area contributed by atoms with Gasteiger partial charge in [0.2, 0.25) is 0 Å². The Kier molecular flexibility index (Phi) is 2.65. The lowest BCUT2D eigenvalue weighted by Gasteiger charge is -2.40. The van der Waals surface area contributed by atoms with Gasteiger partial charge >= 0.3 is 0 Å². The van der Waals surface area contributed by atoms with Crippen molar-refractivity contribution >= 4 is 34.5 Å². The van der Waals surface area contributed by atoms with Crippen molar-refractivity contribution in [3.8, 4) is 0 Å². The molecule has 4 heterocycles. The third kappa shape index (κ3) is 1.45. The Morgan fingerprint density at radius 1 is 1.23 bits per heavy atom. The van der Waals surface area contributed by atoms with Gasteiger partial charge in [-0.2, -0.15) is 0 Å². The highest BCUT2D eigenvalue weighted by molar-refractivity contribution is 8.00. The number of para-hydroxylation sites is 1. The number of benzene rings is 1. The third-order valence-corrected chi connectivity index (χ3v) is 5.78. The predicted molar refractivity (Wildman–Crippen MR) is 83.3 cm³/mol. The second kappa shape index (κ2) is 4.27. The van der Waals surface area contributed by atoms with Crippen molar-refractivity contribution in [3.05, 3.63) is 35.5 Å². The Morgan fingerprint density at radius 3 is 2.73 bits per heavy atom. The van der Waals surface area contributed by atoms with E-state index >= 15 is 0 Å². The number of aliphatic hydroxyl groups excluding tert-OH is 1. The summed E-state index contributed by atoms with van der Waals surface area (Å²) in [6.07, 6.45) is 2.18. The number of thioether (sulfide) groups is 1. The summed E-state index contributed by atoms with van der Waals surface area (Å²) >= 11 is 1.30. The molecule has 1 aromatic heterocycles. The predicted octanol–water partition coefficient (Wildman–Crippen LogP) is 0.217. The molecule has 5 rings (SSSR count). The van der Waals surface area contributed by atoms with Crippen molar-refractivity contribution in [1.29, 1.82) is 0 Å². The molecule has 1 fully saturated rings. The van der Waals surface area contributed by atoms with Crippen LogP contribution < -0.4 is 10.6 Å². The highest BCUT2D eigenvalue weighted by Gasteiger charge is 2.59. The number of H-pyrrole nitrogens is 1. The van der Waals surface area contributed by atoms with Gasteiger partial charge < -0.3 is 20.7 Å². The molecule has 0 radical (unpaired) electrons. The van der Waals surface area contributed by atoms with Crippen molar-refractivity contribution in [2.45, 2.75) is 16.8 Å². The molecule has 1 aromatic carbocycles. The molecular weight excluding hydrogens is 302 g/mol. The summed E-state index contributed by atoms with van der Waals surface area (Å²) in [4.78, 5) is 27.4. The number of carbonyl (C=O) groups excluding carboxylic acids is 2. The minimum Gasteiger partial charge on any atom is -0.393 e. The summed E-state index contributed by atoms with van der Waals surface area (Å²) in [5.41, 5.74) is 0.929. The fourth-order valence-electron chi connectivity index (χ4n) is 3.40. The molecule has 2 amide bonds. The number of piperazine rings is 1. The van der Waals surface area contributed by atoms with Gasteiger partial charge in [0.25, 0.3) is 11.8 Å². The van der Waals surface area contributed by atoms with Crippen LogP contribution in [0.15, 0.2) is 24.3 Å². The number of nitrogens with one attached hydrogen (secondary N) is 3. The molecule has 4 N–H and O–H groups in total. The van der Waals surface area contributed by atoms with Crippen LogP contribution in [-0.2, 0) is 21.5 Å². The Morgan fingerprint density at radius 2 is 2.00 bits per heavy atom. The summed E-state index contributed by atoms with van der Waals surface area (Å²) in [7, 11) is 0. The fraction of sp³-hybridized carbons (Fsp3) is 0.333. The van der Waals surface area contributed by atoms with E-state index in [-0.39, 0.29) is 11.8 Å². The second-order valence-electron chi connectivity index (χ2n) is 5.70. The minimum atomic E-state index is -1.44. The summed E-state index contributed by atoms with van der Waals surface area (Å²) in [6, 6.07) is 7.72. The average Bonchev–Trinajstić information content (AvgIpc) is 2.80. The van der Waals surface area contributed by atoms with Crippen LogP contribution in [0.5, 0.6) is 0 Å². The molecule has 2 bridgehead atoms. The van der Waals surface area contributed by atoms with E-state index in [1.54, 1.807) is 6.26 Å². The molecule has 0 saturated carbocycles. The number of aromatic amines is 1. The van der Waals surface area contributed by atoms with Crippen LogP contribution >= 0.6 is 11.8 Å². The van der Waals surface area contributed by atoms with Crippen molar-refractivity contribution in [1.82, 2.24) is 15.6 Å². The molecular formula is C15H15N3O3S. The molecule has 3 aliphatic rings. The number of aromatic nitrogens is 1. The van der Waals surface area contributed by atoms with E-state index in [1.165, 1.54) is 11.8 Å². The molecule has 1 saturated heterocycles. The van der Waals surface area contributed by atoms with Crippen molar-refractivity contribution in [2.24, 2.45) is 0 Å². The van der Waals surface area contributed by atoms with Gasteiger partial charge in [-0.1, -0.05) is 18.2 Å². The molecule has 0 aliphatic carbocycles. The Balaban J connectivity index is 2.08. The lowest BCUT2D eigenvalue weighted by molar-refractivity contribution is -0.144. The number of fused-ring (bicyclic) bond motifs is 3. The average molecular weight is 317 g/mol. The number of aliphatic hydroxyl groups is 1. The molecule has 6 nitrogen and oxygen atoms in total. The Hall–Kier alpha value is -1.99. The zero-order valence-corrected chi connectivity index (χ0v) is 12.7. The van der Waals surface area contributed by atoms with Crippen LogP contribution in [-0.4, -0.2) is 39.6 Å². The maximum Gasteiger partial charge on any atom is 0.257 e. The zero-order valence-electron chi connectivity index (χ0n) is 11.9. The molecule has 22 heavy (non-hydrogen) atoms. The van der Waals surface area contributed by atoms with Crippen LogP contribution in [0.25, 0.3) is 10.9 Å². The van der Waals surface area contributed by atoms with Crippen LogP contribution in [0, 0.1) is 0 Å². The maximum absolute atomic E-state index is 12.7. The summed E-state index contributed by atoms with van der Waals surface area (Å²) in [5.74, 6) is -0.656. The SMILES string of the molecule is CS[C@@]12Cc3c([nH]c4ccccc34)[C@@](CO)(NC1=O)C(=O)N2. The normalized spacial score (nSPS) is 29.9. The van der Waals surface area contributed by atoms with Crippen LogP contribution in [0.4, 0.5) is 0 Å². The number of amides is 2.